The number of Topliss-reactive ketones (excluding diaryl/α,β-unsaturated/α-hetero) is 1. The number of carbonyl (C=O) groups is 1. The van der Waals surface area contributed by atoms with Gasteiger partial charge in [0.25, 0.3) is 0 Å². The highest BCUT2D eigenvalue weighted by Crippen LogP contribution is 2.28. The Morgan fingerprint density at radius 1 is 1.27 bits per heavy atom. The highest BCUT2D eigenvalue weighted by Gasteiger charge is 2.12. The van der Waals surface area contributed by atoms with Crippen LogP contribution in [0.4, 0.5) is 0 Å². The first kappa shape index (κ1) is 18.5. The Morgan fingerprint density at radius 3 is 2.50 bits per heavy atom. The van der Waals surface area contributed by atoms with Crippen LogP contribution in [0.15, 0.2) is 18.2 Å². The molecule has 1 aromatic rings. The SMILES string of the molecule is CCC(CC)NC[C@@H](O)COc1ccc(C(C)=O)cc1OC. The van der Waals surface area contributed by atoms with Crippen LogP contribution in [0.1, 0.15) is 44.0 Å². The first-order valence-corrected chi connectivity index (χ1v) is 7.74. The zero-order chi connectivity index (χ0) is 16.5. The van der Waals surface area contributed by atoms with Gasteiger partial charge in [0, 0.05) is 18.2 Å². The van der Waals surface area contributed by atoms with E-state index >= 15 is 0 Å². The molecule has 0 amide bonds. The summed E-state index contributed by atoms with van der Waals surface area (Å²) >= 11 is 0. The number of aliphatic hydroxyl groups is 1. The zero-order valence-corrected chi connectivity index (χ0v) is 13.9. The van der Waals surface area contributed by atoms with Gasteiger partial charge in [0.15, 0.2) is 17.3 Å². The third-order valence-corrected chi connectivity index (χ3v) is 3.63. The molecule has 5 heteroatoms. The van der Waals surface area contributed by atoms with Crippen LogP contribution in [-0.2, 0) is 0 Å². The molecule has 1 rings (SSSR count). The van der Waals surface area contributed by atoms with Crippen LogP contribution in [-0.4, -0.2) is 43.3 Å². The van der Waals surface area contributed by atoms with Crippen LogP contribution in [0, 0.1) is 0 Å². The van der Waals surface area contributed by atoms with E-state index in [1.807, 2.05) is 0 Å². The van der Waals surface area contributed by atoms with Crippen molar-refractivity contribution < 1.29 is 19.4 Å². The van der Waals surface area contributed by atoms with Gasteiger partial charge in [0.05, 0.1) is 7.11 Å². The molecular weight excluding hydrogens is 282 g/mol. The fourth-order valence-corrected chi connectivity index (χ4v) is 2.13. The lowest BCUT2D eigenvalue weighted by atomic mass is 10.1. The topological polar surface area (TPSA) is 67.8 Å². The summed E-state index contributed by atoms with van der Waals surface area (Å²) < 4.78 is 10.8. The molecule has 0 radical (unpaired) electrons. The van der Waals surface area contributed by atoms with Crippen molar-refractivity contribution in [2.45, 2.75) is 45.8 Å². The Kier molecular flexibility index (Phi) is 7.91. The van der Waals surface area contributed by atoms with Crippen LogP contribution < -0.4 is 14.8 Å². The van der Waals surface area contributed by atoms with Crippen LogP contribution in [0.25, 0.3) is 0 Å². The average molecular weight is 309 g/mol. The van der Waals surface area contributed by atoms with E-state index in [4.69, 9.17) is 9.47 Å². The molecule has 0 heterocycles. The standard InChI is InChI=1S/C17H27NO4/c1-5-14(6-2)18-10-15(20)11-22-16-8-7-13(12(3)19)9-17(16)21-4/h7-9,14-15,18,20H,5-6,10-11H2,1-4H3/t15-/m1/s1. The van der Waals surface area contributed by atoms with Gasteiger partial charge in [0.2, 0.25) is 0 Å². The number of aliphatic hydroxyl groups excluding tert-OH is 1. The van der Waals surface area contributed by atoms with E-state index in [-0.39, 0.29) is 12.4 Å². The number of hydrogen-bond acceptors (Lipinski definition) is 5. The minimum atomic E-state index is -0.599. The van der Waals surface area contributed by atoms with Gasteiger partial charge in [-0.3, -0.25) is 4.79 Å². The summed E-state index contributed by atoms with van der Waals surface area (Å²) in [5, 5.41) is 13.3. The monoisotopic (exact) mass is 309 g/mol. The van der Waals surface area contributed by atoms with Crippen molar-refractivity contribution in [2.75, 3.05) is 20.3 Å². The Bertz CT molecular complexity index is 472. The zero-order valence-electron chi connectivity index (χ0n) is 13.9. The maximum absolute atomic E-state index is 11.4. The summed E-state index contributed by atoms with van der Waals surface area (Å²) in [4.78, 5) is 11.4. The Morgan fingerprint density at radius 2 is 1.95 bits per heavy atom. The van der Waals surface area contributed by atoms with Crippen molar-refractivity contribution in [3.63, 3.8) is 0 Å². The molecule has 0 bridgehead atoms. The second-order valence-electron chi connectivity index (χ2n) is 5.31. The lowest BCUT2D eigenvalue weighted by Gasteiger charge is -2.19. The molecule has 0 aliphatic rings. The van der Waals surface area contributed by atoms with Gasteiger partial charge in [-0.1, -0.05) is 13.8 Å². The Labute approximate surface area is 132 Å². The largest absolute Gasteiger partial charge is 0.493 e. The number of ketones is 1. The van der Waals surface area contributed by atoms with E-state index in [1.54, 1.807) is 18.2 Å². The molecule has 5 nitrogen and oxygen atoms in total. The molecule has 0 spiro atoms. The van der Waals surface area contributed by atoms with Gasteiger partial charge in [0.1, 0.15) is 12.7 Å². The van der Waals surface area contributed by atoms with Crippen molar-refractivity contribution in [3.8, 4) is 11.5 Å². The van der Waals surface area contributed by atoms with Crippen molar-refractivity contribution in [1.82, 2.24) is 5.32 Å². The van der Waals surface area contributed by atoms with Gasteiger partial charge in [-0.2, -0.15) is 0 Å². The number of carbonyl (C=O) groups excluding carboxylic acids is 1. The molecule has 0 fully saturated rings. The van der Waals surface area contributed by atoms with Crippen LogP contribution in [0.2, 0.25) is 0 Å². The van der Waals surface area contributed by atoms with Crippen molar-refractivity contribution in [1.29, 1.82) is 0 Å². The number of hydrogen-bond donors (Lipinski definition) is 2. The molecule has 0 unspecified atom stereocenters. The van der Waals surface area contributed by atoms with Crippen molar-refractivity contribution in [3.05, 3.63) is 23.8 Å². The van der Waals surface area contributed by atoms with Crippen LogP contribution >= 0.6 is 0 Å². The summed E-state index contributed by atoms with van der Waals surface area (Å²) in [6, 6.07) is 5.44. The van der Waals surface area contributed by atoms with Crippen molar-refractivity contribution >= 4 is 5.78 Å². The molecule has 1 aromatic carbocycles. The molecule has 0 aliphatic heterocycles. The number of methoxy groups -OCH3 is 1. The summed E-state index contributed by atoms with van der Waals surface area (Å²) in [6.45, 7) is 6.39. The highest BCUT2D eigenvalue weighted by atomic mass is 16.5. The summed E-state index contributed by atoms with van der Waals surface area (Å²) in [7, 11) is 1.52. The van der Waals surface area contributed by atoms with Crippen LogP contribution in [0.3, 0.4) is 0 Å². The minimum absolute atomic E-state index is 0.0285. The maximum atomic E-state index is 11.4. The molecule has 0 aromatic heterocycles. The summed E-state index contributed by atoms with van der Waals surface area (Å²) in [6.07, 6.45) is 1.47. The molecule has 124 valence electrons. The Hall–Kier alpha value is -1.59. The number of benzene rings is 1. The molecule has 0 saturated carbocycles. The van der Waals surface area contributed by atoms with Gasteiger partial charge in [-0.05, 0) is 38.0 Å². The molecule has 22 heavy (non-hydrogen) atoms. The highest BCUT2D eigenvalue weighted by molar-refractivity contribution is 5.94. The second-order valence-corrected chi connectivity index (χ2v) is 5.31. The second kappa shape index (κ2) is 9.43. The molecule has 0 saturated heterocycles. The van der Waals surface area contributed by atoms with Crippen LogP contribution in [0.5, 0.6) is 11.5 Å². The van der Waals surface area contributed by atoms with Gasteiger partial charge >= 0.3 is 0 Å². The van der Waals surface area contributed by atoms with E-state index in [0.717, 1.165) is 12.8 Å². The molecule has 1 atom stereocenters. The third-order valence-electron chi connectivity index (χ3n) is 3.63. The van der Waals surface area contributed by atoms with E-state index in [0.29, 0.717) is 29.6 Å². The predicted octanol–water partition coefficient (Wildman–Crippen LogP) is 2.42. The smallest absolute Gasteiger partial charge is 0.161 e. The number of nitrogens with one attached hydrogen (secondary N) is 1. The maximum Gasteiger partial charge on any atom is 0.161 e. The number of ether oxygens (including phenoxy) is 2. The van der Waals surface area contributed by atoms with Crippen molar-refractivity contribution in [2.24, 2.45) is 0 Å². The normalized spacial score (nSPS) is 12.3. The predicted molar refractivity (Wildman–Crippen MR) is 86.9 cm³/mol. The van der Waals surface area contributed by atoms with Gasteiger partial charge < -0.3 is 19.9 Å². The summed E-state index contributed by atoms with van der Waals surface area (Å²) in [5.41, 5.74) is 0.570. The van der Waals surface area contributed by atoms with E-state index in [1.165, 1.54) is 14.0 Å². The Balaban J connectivity index is 2.54. The molecule has 0 aliphatic carbocycles. The fourth-order valence-electron chi connectivity index (χ4n) is 2.13. The van der Waals surface area contributed by atoms with Gasteiger partial charge in [-0.25, -0.2) is 0 Å². The summed E-state index contributed by atoms with van der Waals surface area (Å²) in [5.74, 6) is 0.987. The average Bonchev–Trinajstić information content (AvgIpc) is 2.53. The minimum Gasteiger partial charge on any atom is -0.493 e. The lowest BCUT2D eigenvalue weighted by Crippen LogP contribution is -2.37. The van der Waals surface area contributed by atoms with E-state index < -0.39 is 6.10 Å². The molecule has 2 N–H and O–H groups in total. The lowest BCUT2D eigenvalue weighted by molar-refractivity contribution is 0.100. The van der Waals surface area contributed by atoms with E-state index in [2.05, 4.69) is 19.2 Å². The van der Waals surface area contributed by atoms with E-state index in [9.17, 15) is 9.90 Å². The number of rotatable bonds is 10. The third kappa shape index (κ3) is 5.66. The first-order chi connectivity index (χ1) is 10.5. The fraction of sp³-hybridized carbons (Fsp3) is 0.588. The first-order valence-electron chi connectivity index (χ1n) is 7.74. The quantitative estimate of drug-likeness (QED) is 0.650. The molecular formula is C17H27NO4. The van der Waals surface area contributed by atoms with Gasteiger partial charge in [-0.15, -0.1) is 0 Å².